The molecule has 0 saturated carbocycles. The monoisotopic (exact) mass is 374 g/mol. The van der Waals surface area contributed by atoms with Crippen molar-refractivity contribution in [2.75, 3.05) is 0 Å². The summed E-state index contributed by atoms with van der Waals surface area (Å²) in [6.45, 7) is 0. The Hall–Kier alpha value is -2.48. The van der Waals surface area contributed by atoms with Crippen molar-refractivity contribution in [2.45, 2.75) is 4.90 Å². The maximum atomic E-state index is 13.2. The summed E-state index contributed by atoms with van der Waals surface area (Å²) < 4.78 is 50.7. The molecular formula is C18H16NO4S2+. The summed E-state index contributed by atoms with van der Waals surface area (Å²) in [5.41, 5.74) is 0.176. The Labute approximate surface area is 147 Å². The predicted molar refractivity (Wildman–Crippen MR) is 97.0 cm³/mol. The molecule has 0 aliphatic rings. The van der Waals surface area contributed by atoms with E-state index in [1.807, 2.05) is 0 Å². The van der Waals surface area contributed by atoms with Crippen molar-refractivity contribution in [1.29, 1.82) is 0 Å². The van der Waals surface area contributed by atoms with E-state index in [4.69, 9.17) is 0 Å². The largest absolute Gasteiger partial charge is 0.410 e. The summed E-state index contributed by atoms with van der Waals surface area (Å²) in [6, 6.07) is 20.5. The van der Waals surface area contributed by atoms with Gasteiger partial charge in [-0.2, -0.15) is 8.42 Å². The van der Waals surface area contributed by atoms with E-state index in [-0.39, 0.29) is 10.5 Å². The lowest BCUT2D eigenvalue weighted by Crippen LogP contribution is -2.48. The van der Waals surface area contributed by atoms with E-state index in [2.05, 4.69) is 0 Å². The molecule has 0 bridgehead atoms. The fourth-order valence-corrected chi connectivity index (χ4v) is 6.35. The number of pyridine rings is 1. The smallest absolute Gasteiger partial charge is 0.309 e. The van der Waals surface area contributed by atoms with Crippen LogP contribution < -0.4 is 3.97 Å². The lowest BCUT2D eigenvalue weighted by atomic mass is 10.2. The molecule has 5 nitrogen and oxygen atoms in total. The number of nitrogens with zero attached hydrogens (tertiary/aromatic N) is 1. The van der Waals surface area contributed by atoms with Gasteiger partial charge in [-0.1, -0.05) is 58.6 Å². The van der Waals surface area contributed by atoms with Gasteiger partial charge in [0, 0.05) is 17.7 Å². The van der Waals surface area contributed by atoms with E-state index in [1.54, 1.807) is 54.6 Å². The first-order chi connectivity index (χ1) is 11.9. The Morgan fingerprint density at radius 2 is 1.20 bits per heavy atom. The van der Waals surface area contributed by atoms with Crippen molar-refractivity contribution in [3.05, 3.63) is 96.8 Å². The summed E-state index contributed by atoms with van der Waals surface area (Å²) in [7, 11) is -8.25. The van der Waals surface area contributed by atoms with Gasteiger partial charge in [0.25, 0.3) is 0 Å². The normalized spacial score (nSPS) is 13.8. The SMILES string of the molecule is O=S(=O)(C(c1ccccc1)=S(=O)(O)c1ccccc1)[n+]1ccccc1. The molecule has 0 radical (unpaired) electrons. The number of rotatable bonds is 3. The average Bonchev–Trinajstić information content (AvgIpc) is 2.64. The minimum absolute atomic E-state index is 0.0361. The van der Waals surface area contributed by atoms with Gasteiger partial charge in [0.05, 0.1) is 4.90 Å². The van der Waals surface area contributed by atoms with Crippen LogP contribution in [0.15, 0.2) is 96.2 Å². The Kier molecular flexibility index (Phi) is 4.71. The molecule has 0 amide bonds. The van der Waals surface area contributed by atoms with Crippen molar-refractivity contribution < 1.29 is 21.2 Å². The van der Waals surface area contributed by atoms with E-state index in [1.165, 1.54) is 36.7 Å². The molecule has 2 aromatic carbocycles. The van der Waals surface area contributed by atoms with Crippen molar-refractivity contribution in [1.82, 2.24) is 0 Å². The fourth-order valence-electron chi connectivity index (χ4n) is 2.38. The second kappa shape index (κ2) is 6.79. The summed E-state index contributed by atoms with van der Waals surface area (Å²) >= 11 is 0. The molecule has 1 N–H and O–H groups in total. The molecule has 1 aromatic heterocycles. The van der Waals surface area contributed by atoms with Crippen LogP contribution >= 0.6 is 0 Å². The third-order valence-corrected chi connectivity index (χ3v) is 7.99. The zero-order chi connectivity index (χ0) is 17.9. The predicted octanol–water partition coefficient (Wildman–Crippen LogP) is 2.15. The van der Waals surface area contributed by atoms with Crippen LogP contribution in [0.4, 0.5) is 0 Å². The summed E-state index contributed by atoms with van der Waals surface area (Å²) in [4.78, 5) is 0.0361. The van der Waals surface area contributed by atoms with E-state index in [9.17, 15) is 17.2 Å². The zero-order valence-corrected chi connectivity index (χ0v) is 14.7. The minimum Gasteiger partial charge on any atom is -0.309 e. The maximum Gasteiger partial charge on any atom is 0.410 e. The second-order valence-electron chi connectivity index (χ2n) is 5.20. The average molecular weight is 374 g/mol. The first kappa shape index (κ1) is 17.3. The Morgan fingerprint density at radius 1 is 0.720 bits per heavy atom. The van der Waals surface area contributed by atoms with Gasteiger partial charge < -0.3 is 4.55 Å². The molecule has 1 atom stereocenters. The van der Waals surface area contributed by atoms with Crippen LogP contribution in [-0.2, 0) is 19.8 Å². The van der Waals surface area contributed by atoms with Crippen LogP contribution in [0.5, 0.6) is 0 Å². The molecule has 1 heterocycles. The Balaban J connectivity index is 2.41. The van der Waals surface area contributed by atoms with Crippen LogP contribution in [0.25, 0.3) is 0 Å². The van der Waals surface area contributed by atoms with E-state index >= 15 is 0 Å². The molecule has 0 spiro atoms. The molecule has 1 unspecified atom stereocenters. The molecule has 7 heteroatoms. The van der Waals surface area contributed by atoms with Gasteiger partial charge in [0.1, 0.15) is 9.80 Å². The fraction of sp³-hybridized carbons (Fsp3) is 0. The van der Waals surface area contributed by atoms with E-state index in [0.29, 0.717) is 0 Å². The zero-order valence-electron chi connectivity index (χ0n) is 13.1. The highest BCUT2D eigenvalue weighted by Gasteiger charge is 2.36. The van der Waals surface area contributed by atoms with Gasteiger partial charge in [-0.25, -0.2) is 4.21 Å². The van der Waals surface area contributed by atoms with Gasteiger partial charge in [-0.3, -0.25) is 0 Å². The Bertz CT molecular complexity index is 1090. The number of benzene rings is 2. The van der Waals surface area contributed by atoms with Gasteiger partial charge in [-0.05, 0) is 12.1 Å². The Morgan fingerprint density at radius 3 is 1.76 bits per heavy atom. The molecular weight excluding hydrogens is 358 g/mol. The maximum absolute atomic E-state index is 13.2. The second-order valence-corrected chi connectivity index (χ2v) is 9.17. The van der Waals surface area contributed by atoms with Crippen LogP contribution in [0.1, 0.15) is 5.56 Å². The lowest BCUT2D eigenvalue weighted by molar-refractivity contribution is -0.508. The molecule has 3 aromatic rings. The first-order valence-corrected chi connectivity index (χ1v) is 10.4. The van der Waals surface area contributed by atoms with Gasteiger partial charge in [-0.15, -0.1) is 0 Å². The molecule has 0 saturated heterocycles. The standard InChI is InChI=1S/C18H15NO4S2/c20-24(21,17-12-6-2-7-13-17)18(16-10-4-1-5-11-16)25(22,23)19-14-8-3-9-15-19/h1-15H/p+1. The minimum atomic E-state index is -4.25. The molecule has 128 valence electrons. The first-order valence-electron chi connectivity index (χ1n) is 7.40. The number of aromatic nitrogens is 1. The van der Waals surface area contributed by atoms with Crippen LogP contribution in [0.2, 0.25) is 0 Å². The summed E-state index contributed by atoms with van der Waals surface area (Å²) in [5.74, 6) is 0. The van der Waals surface area contributed by atoms with Crippen LogP contribution in [-0.4, -0.2) is 21.4 Å². The quantitative estimate of drug-likeness (QED) is 0.563. The van der Waals surface area contributed by atoms with Crippen molar-refractivity contribution in [3.8, 4) is 0 Å². The van der Waals surface area contributed by atoms with Gasteiger partial charge >= 0.3 is 10.0 Å². The molecule has 0 fully saturated rings. The highest BCUT2D eigenvalue weighted by molar-refractivity contribution is 8.19. The molecule has 25 heavy (non-hydrogen) atoms. The highest BCUT2D eigenvalue weighted by Crippen LogP contribution is 2.17. The van der Waals surface area contributed by atoms with Gasteiger partial charge in [0.2, 0.25) is 4.20 Å². The van der Waals surface area contributed by atoms with Crippen molar-refractivity contribution in [3.63, 3.8) is 0 Å². The molecule has 0 aliphatic heterocycles. The summed E-state index contributed by atoms with van der Waals surface area (Å²) in [6.07, 6.45) is 2.66. The van der Waals surface area contributed by atoms with Crippen molar-refractivity contribution >= 4 is 24.0 Å². The van der Waals surface area contributed by atoms with Crippen LogP contribution in [0, 0.1) is 0 Å². The number of hydrogen-bond acceptors (Lipinski definition) is 3. The van der Waals surface area contributed by atoms with Crippen LogP contribution in [0.3, 0.4) is 0 Å². The van der Waals surface area contributed by atoms with E-state index in [0.717, 1.165) is 3.97 Å². The highest BCUT2D eigenvalue weighted by atomic mass is 32.3. The summed E-state index contributed by atoms with van der Waals surface area (Å²) in [5, 5.41) is 0. The number of hydrogen-bond donors (Lipinski definition) is 1. The third-order valence-electron chi connectivity index (χ3n) is 3.52. The lowest BCUT2D eigenvalue weighted by Gasteiger charge is -2.11. The third kappa shape index (κ3) is 3.34. The van der Waals surface area contributed by atoms with Gasteiger partial charge in [0.15, 0.2) is 12.4 Å². The topological polar surface area (TPSA) is 75.3 Å². The van der Waals surface area contributed by atoms with E-state index < -0.39 is 24.0 Å². The molecule has 3 rings (SSSR count). The van der Waals surface area contributed by atoms with Crippen molar-refractivity contribution in [2.24, 2.45) is 0 Å². The molecule has 0 aliphatic carbocycles.